The lowest BCUT2D eigenvalue weighted by atomic mass is 10.1. The Labute approximate surface area is 166 Å². The molecule has 1 aromatic heterocycles. The van der Waals surface area contributed by atoms with Crippen molar-refractivity contribution in [2.24, 2.45) is 5.92 Å². The van der Waals surface area contributed by atoms with Gasteiger partial charge in [-0.05, 0) is 37.6 Å². The molecule has 0 bridgehead atoms. The highest BCUT2D eigenvalue weighted by Gasteiger charge is 2.35. The van der Waals surface area contributed by atoms with Crippen molar-refractivity contribution in [1.29, 1.82) is 5.26 Å². The summed E-state index contributed by atoms with van der Waals surface area (Å²) < 4.78 is 2.59. The van der Waals surface area contributed by atoms with Gasteiger partial charge in [-0.2, -0.15) is 10.4 Å². The van der Waals surface area contributed by atoms with E-state index in [9.17, 15) is 9.59 Å². The average molecular weight is 430 g/mol. The second kappa shape index (κ2) is 7.92. The van der Waals surface area contributed by atoms with Crippen LogP contribution in [0.3, 0.4) is 0 Å². The van der Waals surface area contributed by atoms with Gasteiger partial charge in [0.05, 0.1) is 30.6 Å². The lowest BCUT2D eigenvalue weighted by Crippen LogP contribution is -2.28. The fraction of sp³-hybridized carbons (Fsp3) is 0.368. The lowest BCUT2D eigenvalue weighted by molar-refractivity contribution is -0.122. The summed E-state index contributed by atoms with van der Waals surface area (Å²) in [7, 11) is 0. The summed E-state index contributed by atoms with van der Waals surface area (Å²) in [6, 6.07) is 9.55. The molecule has 7 nitrogen and oxygen atoms in total. The van der Waals surface area contributed by atoms with Crippen molar-refractivity contribution in [3.8, 4) is 6.07 Å². The van der Waals surface area contributed by atoms with E-state index in [4.69, 9.17) is 5.26 Å². The maximum Gasteiger partial charge on any atom is 0.230 e. The van der Waals surface area contributed by atoms with E-state index in [1.807, 2.05) is 32.0 Å². The summed E-state index contributed by atoms with van der Waals surface area (Å²) in [5.74, 6) is -0.150. The van der Waals surface area contributed by atoms with Crippen molar-refractivity contribution < 1.29 is 9.59 Å². The Morgan fingerprint density at radius 1 is 1.41 bits per heavy atom. The third-order valence-corrected chi connectivity index (χ3v) is 5.43. The van der Waals surface area contributed by atoms with E-state index in [1.165, 1.54) is 0 Å². The monoisotopic (exact) mass is 429 g/mol. The molecule has 1 aromatic carbocycles. The highest BCUT2D eigenvalue weighted by Crippen LogP contribution is 2.29. The standard InChI is InChI=1S/C19H20BrN5O2/c1-12-8-15(4-5-16(12)20)24-11-14(10-18(24)26)19(27)22-17-9-13(2)23-25(17)7-3-6-21/h4-5,8-9,14H,3,7,10-11H2,1-2H3,(H,22,27). The van der Waals surface area contributed by atoms with Gasteiger partial charge >= 0.3 is 0 Å². The second-order valence-electron chi connectivity index (χ2n) is 6.63. The maximum atomic E-state index is 12.7. The molecular formula is C19H20BrN5O2. The fourth-order valence-electron chi connectivity index (χ4n) is 3.13. The van der Waals surface area contributed by atoms with Crippen LogP contribution in [0.25, 0.3) is 0 Å². The minimum absolute atomic E-state index is 0.0639. The minimum Gasteiger partial charge on any atom is -0.312 e. The van der Waals surface area contributed by atoms with E-state index in [-0.39, 0.29) is 18.2 Å². The van der Waals surface area contributed by atoms with E-state index in [0.29, 0.717) is 25.3 Å². The maximum absolute atomic E-state index is 12.7. The zero-order chi connectivity index (χ0) is 19.6. The molecule has 1 aliphatic heterocycles. The molecule has 1 aliphatic rings. The number of carbonyl (C=O) groups is 2. The topological polar surface area (TPSA) is 91.0 Å². The number of carbonyl (C=O) groups excluding carboxylic acids is 2. The lowest BCUT2D eigenvalue weighted by Gasteiger charge is -2.18. The van der Waals surface area contributed by atoms with Gasteiger partial charge in [0, 0.05) is 29.2 Å². The highest BCUT2D eigenvalue weighted by atomic mass is 79.9. The molecule has 0 spiro atoms. The normalized spacial score (nSPS) is 16.4. The highest BCUT2D eigenvalue weighted by molar-refractivity contribution is 9.10. The smallest absolute Gasteiger partial charge is 0.230 e. The summed E-state index contributed by atoms with van der Waals surface area (Å²) in [6.45, 7) is 4.54. The van der Waals surface area contributed by atoms with Crippen LogP contribution >= 0.6 is 15.9 Å². The Balaban J connectivity index is 1.71. The van der Waals surface area contributed by atoms with Gasteiger partial charge in [0.15, 0.2) is 0 Å². The molecule has 2 aromatic rings. The number of amides is 2. The number of aryl methyl sites for hydroxylation is 3. The van der Waals surface area contributed by atoms with Crippen molar-refractivity contribution in [2.75, 3.05) is 16.8 Å². The van der Waals surface area contributed by atoms with Crippen LogP contribution in [0.1, 0.15) is 24.1 Å². The minimum atomic E-state index is -0.430. The van der Waals surface area contributed by atoms with E-state index >= 15 is 0 Å². The average Bonchev–Trinajstić information content (AvgIpc) is 3.18. The summed E-state index contributed by atoms with van der Waals surface area (Å²) in [4.78, 5) is 26.8. The molecule has 1 fully saturated rings. The van der Waals surface area contributed by atoms with E-state index in [2.05, 4.69) is 32.4 Å². The van der Waals surface area contributed by atoms with Gasteiger partial charge in [-0.1, -0.05) is 15.9 Å². The molecule has 3 rings (SSSR count). The van der Waals surface area contributed by atoms with Gasteiger partial charge in [0.2, 0.25) is 11.8 Å². The van der Waals surface area contributed by atoms with Gasteiger partial charge in [-0.3, -0.25) is 9.59 Å². The number of halogens is 1. The number of anilines is 2. The van der Waals surface area contributed by atoms with Gasteiger partial charge in [0.25, 0.3) is 0 Å². The number of hydrogen-bond acceptors (Lipinski definition) is 4. The molecule has 1 N–H and O–H groups in total. The fourth-order valence-corrected chi connectivity index (χ4v) is 3.38. The quantitative estimate of drug-likeness (QED) is 0.789. The summed E-state index contributed by atoms with van der Waals surface area (Å²) in [5.41, 5.74) is 2.59. The molecular weight excluding hydrogens is 410 g/mol. The molecule has 27 heavy (non-hydrogen) atoms. The number of nitrogens with one attached hydrogen (secondary N) is 1. The van der Waals surface area contributed by atoms with Crippen molar-refractivity contribution >= 4 is 39.2 Å². The van der Waals surface area contributed by atoms with Gasteiger partial charge < -0.3 is 10.2 Å². The van der Waals surface area contributed by atoms with Gasteiger partial charge in [0.1, 0.15) is 5.82 Å². The number of benzene rings is 1. The number of nitriles is 1. The van der Waals surface area contributed by atoms with E-state index in [1.54, 1.807) is 15.6 Å². The zero-order valence-electron chi connectivity index (χ0n) is 15.2. The number of hydrogen-bond donors (Lipinski definition) is 1. The first-order valence-corrected chi connectivity index (χ1v) is 9.47. The summed E-state index contributed by atoms with van der Waals surface area (Å²) >= 11 is 3.46. The molecule has 2 amide bonds. The Morgan fingerprint density at radius 2 is 2.19 bits per heavy atom. The predicted molar refractivity (Wildman–Crippen MR) is 105 cm³/mol. The van der Waals surface area contributed by atoms with Crippen LogP contribution in [0.2, 0.25) is 0 Å². The van der Waals surface area contributed by atoms with Crippen LogP contribution in [0, 0.1) is 31.1 Å². The zero-order valence-corrected chi connectivity index (χ0v) is 16.8. The predicted octanol–water partition coefficient (Wildman–Crippen LogP) is 3.17. The van der Waals surface area contributed by atoms with Crippen molar-refractivity contribution in [1.82, 2.24) is 9.78 Å². The Morgan fingerprint density at radius 3 is 2.89 bits per heavy atom. The number of rotatable bonds is 5. The molecule has 1 atom stereocenters. The van der Waals surface area contributed by atoms with E-state index < -0.39 is 5.92 Å². The van der Waals surface area contributed by atoms with Gasteiger partial charge in [-0.25, -0.2) is 4.68 Å². The molecule has 0 radical (unpaired) electrons. The SMILES string of the molecule is Cc1cc(NC(=O)C2CC(=O)N(c3ccc(Br)c(C)c3)C2)n(CCC#N)n1. The third-order valence-electron chi connectivity index (χ3n) is 4.54. The Kier molecular flexibility index (Phi) is 5.61. The molecule has 0 saturated carbocycles. The number of nitrogens with zero attached hydrogens (tertiary/aromatic N) is 4. The van der Waals surface area contributed by atoms with Crippen molar-refractivity contribution in [2.45, 2.75) is 33.2 Å². The van der Waals surface area contributed by atoms with Crippen LogP contribution in [0.15, 0.2) is 28.7 Å². The van der Waals surface area contributed by atoms with Crippen LogP contribution in [-0.2, 0) is 16.1 Å². The first-order valence-electron chi connectivity index (χ1n) is 8.68. The first kappa shape index (κ1) is 19.1. The third kappa shape index (κ3) is 4.19. The summed E-state index contributed by atoms with van der Waals surface area (Å²) in [5, 5.41) is 15.9. The Hall–Kier alpha value is -2.66. The van der Waals surface area contributed by atoms with Gasteiger partial charge in [-0.15, -0.1) is 0 Å². The van der Waals surface area contributed by atoms with Crippen LogP contribution in [0.5, 0.6) is 0 Å². The number of aromatic nitrogens is 2. The van der Waals surface area contributed by atoms with Crippen molar-refractivity contribution in [3.05, 3.63) is 40.0 Å². The molecule has 140 valence electrons. The Bertz CT molecular complexity index is 931. The van der Waals surface area contributed by atoms with Crippen molar-refractivity contribution in [3.63, 3.8) is 0 Å². The second-order valence-corrected chi connectivity index (χ2v) is 7.48. The van der Waals surface area contributed by atoms with Crippen LogP contribution < -0.4 is 10.2 Å². The largest absolute Gasteiger partial charge is 0.312 e. The molecule has 1 saturated heterocycles. The molecule has 2 heterocycles. The first-order chi connectivity index (χ1) is 12.9. The van der Waals surface area contributed by atoms with Crippen LogP contribution in [0.4, 0.5) is 11.5 Å². The molecule has 1 unspecified atom stereocenters. The summed E-state index contributed by atoms with van der Waals surface area (Å²) in [6.07, 6.45) is 0.481. The van der Waals surface area contributed by atoms with Crippen LogP contribution in [-0.4, -0.2) is 28.1 Å². The molecule has 0 aliphatic carbocycles. The van der Waals surface area contributed by atoms with E-state index in [0.717, 1.165) is 21.4 Å². The molecule has 8 heteroatoms.